The molecule has 4 heteroatoms. The van der Waals surface area contributed by atoms with E-state index in [4.69, 9.17) is 4.74 Å². The molecule has 4 rings (SSSR count). The number of hydrogen-bond donors (Lipinski definition) is 1. The van der Waals surface area contributed by atoms with E-state index in [-0.39, 0.29) is 5.91 Å². The second-order valence-corrected chi connectivity index (χ2v) is 8.07. The van der Waals surface area contributed by atoms with Crippen LogP contribution in [0, 0.1) is 0 Å². The Balaban J connectivity index is 1.26. The lowest BCUT2D eigenvalue weighted by atomic mass is 9.89. The molecule has 2 aliphatic heterocycles. The molecule has 2 aromatic rings. The Kier molecular flexibility index (Phi) is 6.08. The Bertz CT molecular complexity index is 798. The number of likely N-dealkylation sites (tertiary alicyclic amines) is 1. The van der Waals surface area contributed by atoms with Crippen molar-refractivity contribution in [3.05, 3.63) is 70.8 Å². The van der Waals surface area contributed by atoms with Gasteiger partial charge in [-0.15, -0.1) is 0 Å². The van der Waals surface area contributed by atoms with Crippen molar-refractivity contribution in [2.45, 2.75) is 44.8 Å². The van der Waals surface area contributed by atoms with Crippen LogP contribution in [0.3, 0.4) is 0 Å². The SMILES string of the molecule is CC(CNC(=O)c1ccc2c(c1)CCOC2)N1CCC(c2ccccc2)CC1. The van der Waals surface area contributed by atoms with Crippen LogP contribution >= 0.6 is 0 Å². The van der Waals surface area contributed by atoms with Crippen LogP contribution in [0.15, 0.2) is 48.5 Å². The molecule has 1 N–H and O–H groups in total. The molecule has 0 aromatic heterocycles. The zero-order valence-corrected chi connectivity index (χ0v) is 16.7. The molecule has 0 radical (unpaired) electrons. The van der Waals surface area contributed by atoms with E-state index < -0.39 is 0 Å². The summed E-state index contributed by atoms with van der Waals surface area (Å²) in [6, 6.07) is 17.2. The number of carbonyl (C=O) groups excluding carboxylic acids is 1. The van der Waals surface area contributed by atoms with Crippen molar-refractivity contribution in [1.82, 2.24) is 10.2 Å². The maximum atomic E-state index is 12.6. The second-order valence-electron chi connectivity index (χ2n) is 8.07. The summed E-state index contributed by atoms with van der Waals surface area (Å²) in [5.74, 6) is 0.694. The van der Waals surface area contributed by atoms with Crippen molar-refractivity contribution >= 4 is 5.91 Å². The summed E-state index contributed by atoms with van der Waals surface area (Å²) >= 11 is 0. The lowest BCUT2D eigenvalue weighted by molar-refractivity contribution is 0.0925. The van der Waals surface area contributed by atoms with Crippen LogP contribution in [0.5, 0.6) is 0 Å². The van der Waals surface area contributed by atoms with Crippen LogP contribution in [0.4, 0.5) is 0 Å². The summed E-state index contributed by atoms with van der Waals surface area (Å²) in [6.07, 6.45) is 3.27. The standard InChI is InChI=1S/C24H30N2O2/c1-18(26-12-9-20(10-13-26)19-5-3-2-4-6-19)16-25-24(27)22-7-8-23-17-28-14-11-21(23)15-22/h2-8,15,18,20H,9-14,16-17H2,1H3,(H,25,27). The molecular formula is C24H30N2O2. The fourth-order valence-corrected chi connectivity index (χ4v) is 4.38. The minimum atomic E-state index is 0.0281. The molecule has 0 saturated carbocycles. The predicted molar refractivity (Wildman–Crippen MR) is 112 cm³/mol. The van der Waals surface area contributed by atoms with Crippen LogP contribution in [0.25, 0.3) is 0 Å². The van der Waals surface area contributed by atoms with E-state index in [2.05, 4.69) is 47.5 Å². The van der Waals surface area contributed by atoms with E-state index in [1.54, 1.807) is 0 Å². The minimum absolute atomic E-state index is 0.0281. The number of carbonyl (C=O) groups is 1. The molecule has 4 nitrogen and oxygen atoms in total. The van der Waals surface area contributed by atoms with Gasteiger partial charge in [-0.05, 0) is 74.0 Å². The number of amides is 1. The number of nitrogens with zero attached hydrogens (tertiary/aromatic N) is 1. The first-order chi connectivity index (χ1) is 13.7. The van der Waals surface area contributed by atoms with Gasteiger partial charge in [0.1, 0.15) is 0 Å². The molecule has 0 bridgehead atoms. The second kappa shape index (κ2) is 8.89. The van der Waals surface area contributed by atoms with Crippen LogP contribution in [0.2, 0.25) is 0 Å². The average Bonchev–Trinajstić information content (AvgIpc) is 2.77. The van der Waals surface area contributed by atoms with Gasteiger partial charge in [0.2, 0.25) is 0 Å². The maximum absolute atomic E-state index is 12.6. The van der Waals surface area contributed by atoms with Gasteiger partial charge < -0.3 is 10.1 Å². The summed E-state index contributed by atoms with van der Waals surface area (Å²) < 4.78 is 5.47. The van der Waals surface area contributed by atoms with Crippen molar-refractivity contribution in [1.29, 1.82) is 0 Å². The number of fused-ring (bicyclic) bond motifs is 1. The molecule has 1 saturated heterocycles. The van der Waals surface area contributed by atoms with Gasteiger partial charge in [-0.1, -0.05) is 36.4 Å². The summed E-state index contributed by atoms with van der Waals surface area (Å²) in [6.45, 7) is 6.49. The monoisotopic (exact) mass is 378 g/mol. The molecular weight excluding hydrogens is 348 g/mol. The van der Waals surface area contributed by atoms with Gasteiger partial charge in [-0.3, -0.25) is 9.69 Å². The largest absolute Gasteiger partial charge is 0.376 e. The average molecular weight is 379 g/mol. The Morgan fingerprint density at radius 2 is 1.93 bits per heavy atom. The molecule has 1 amide bonds. The Morgan fingerprint density at radius 3 is 2.71 bits per heavy atom. The molecule has 1 fully saturated rings. The zero-order valence-electron chi connectivity index (χ0n) is 16.7. The Labute approximate surface area is 167 Å². The smallest absolute Gasteiger partial charge is 0.251 e. The number of benzene rings is 2. The van der Waals surface area contributed by atoms with E-state index >= 15 is 0 Å². The summed E-state index contributed by atoms with van der Waals surface area (Å²) in [5.41, 5.74) is 4.67. The van der Waals surface area contributed by atoms with Crippen LogP contribution in [0.1, 0.15) is 52.7 Å². The highest BCUT2D eigenvalue weighted by Crippen LogP contribution is 2.28. The lowest BCUT2D eigenvalue weighted by Crippen LogP contribution is -2.45. The summed E-state index contributed by atoms with van der Waals surface area (Å²) in [5, 5.41) is 3.13. The van der Waals surface area contributed by atoms with Crippen molar-refractivity contribution in [2.24, 2.45) is 0 Å². The van der Waals surface area contributed by atoms with Gasteiger partial charge in [0.15, 0.2) is 0 Å². The highest BCUT2D eigenvalue weighted by molar-refractivity contribution is 5.94. The van der Waals surface area contributed by atoms with Gasteiger partial charge >= 0.3 is 0 Å². The first-order valence-corrected chi connectivity index (χ1v) is 10.5. The van der Waals surface area contributed by atoms with Gasteiger partial charge in [0, 0.05) is 18.2 Å². The molecule has 1 atom stereocenters. The van der Waals surface area contributed by atoms with E-state index in [0.717, 1.165) is 31.7 Å². The quantitative estimate of drug-likeness (QED) is 0.861. The van der Waals surface area contributed by atoms with E-state index in [0.29, 0.717) is 25.1 Å². The van der Waals surface area contributed by atoms with Gasteiger partial charge in [0.25, 0.3) is 5.91 Å². The van der Waals surface area contributed by atoms with E-state index in [9.17, 15) is 4.79 Å². The van der Waals surface area contributed by atoms with E-state index in [1.165, 1.54) is 29.5 Å². The molecule has 0 aliphatic carbocycles. The van der Waals surface area contributed by atoms with Crippen molar-refractivity contribution in [2.75, 3.05) is 26.2 Å². The van der Waals surface area contributed by atoms with Crippen LogP contribution < -0.4 is 5.32 Å². The third-order valence-electron chi connectivity index (χ3n) is 6.22. The number of hydrogen-bond acceptors (Lipinski definition) is 3. The minimum Gasteiger partial charge on any atom is -0.376 e. The summed E-state index contributed by atoms with van der Waals surface area (Å²) in [4.78, 5) is 15.1. The fourth-order valence-electron chi connectivity index (χ4n) is 4.38. The van der Waals surface area contributed by atoms with Gasteiger partial charge in [-0.25, -0.2) is 0 Å². The van der Waals surface area contributed by atoms with E-state index in [1.807, 2.05) is 18.2 Å². The topological polar surface area (TPSA) is 41.6 Å². The summed E-state index contributed by atoms with van der Waals surface area (Å²) in [7, 11) is 0. The number of nitrogens with one attached hydrogen (secondary N) is 1. The predicted octanol–water partition coefficient (Wildman–Crippen LogP) is 3.76. The van der Waals surface area contributed by atoms with Gasteiger partial charge in [0.05, 0.1) is 13.2 Å². The number of piperidine rings is 1. The zero-order chi connectivity index (χ0) is 19.3. The third kappa shape index (κ3) is 4.45. The maximum Gasteiger partial charge on any atom is 0.251 e. The molecule has 1 unspecified atom stereocenters. The lowest BCUT2D eigenvalue weighted by Gasteiger charge is -2.36. The molecule has 28 heavy (non-hydrogen) atoms. The molecule has 2 aromatic carbocycles. The molecule has 148 valence electrons. The highest BCUT2D eigenvalue weighted by Gasteiger charge is 2.24. The number of rotatable bonds is 5. The van der Waals surface area contributed by atoms with Crippen LogP contribution in [-0.2, 0) is 17.8 Å². The Morgan fingerprint density at radius 1 is 1.14 bits per heavy atom. The van der Waals surface area contributed by atoms with Crippen molar-refractivity contribution < 1.29 is 9.53 Å². The molecule has 2 aliphatic rings. The molecule has 0 spiro atoms. The number of ether oxygens (including phenoxy) is 1. The highest BCUT2D eigenvalue weighted by atomic mass is 16.5. The normalized spacial score (nSPS) is 19.0. The van der Waals surface area contributed by atoms with Gasteiger partial charge in [-0.2, -0.15) is 0 Å². The molecule has 2 heterocycles. The van der Waals surface area contributed by atoms with Crippen molar-refractivity contribution in [3.63, 3.8) is 0 Å². The first kappa shape index (κ1) is 19.2. The third-order valence-corrected chi connectivity index (χ3v) is 6.22. The first-order valence-electron chi connectivity index (χ1n) is 10.5. The van der Waals surface area contributed by atoms with Crippen LogP contribution in [-0.4, -0.2) is 43.1 Å². The Hall–Kier alpha value is -2.17. The fraction of sp³-hybridized carbons (Fsp3) is 0.458. The van der Waals surface area contributed by atoms with Crippen molar-refractivity contribution in [3.8, 4) is 0 Å².